The van der Waals surface area contributed by atoms with Crippen LogP contribution in [0.1, 0.15) is 10.4 Å². The van der Waals surface area contributed by atoms with Gasteiger partial charge in [-0.3, -0.25) is 4.79 Å². The number of hydrogen-bond donors (Lipinski definition) is 4. The molecule has 0 saturated heterocycles. The number of nitrogens with zero attached hydrogens (tertiary/aromatic N) is 2. The van der Waals surface area contributed by atoms with E-state index in [4.69, 9.17) is 15.9 Å². The molecule has 0 aliphatic rings. The molecule has 1 heterocycles. The summed E-state index contributed by atoms with van der Waals surface area (Å²) in [6.07, 6.45) is 0. The van der Waals surface area contributed by atoms with Gasteiger partial charge in [-0.1, -0.05) is 0 Å². The van der Waals surface area contributed by atoms with Crippen molar-refractivity contribution in [2.75, 3.05) is 44.0 Å². The van der Waals surface area contributed by atoms with E-state index < -0.39 is 0 Å². The predicted octanol–water partition coefficient (Wildman–Crippen LogP) is -1.12. The number of hydrogen-bond acceptors (Lipinski definition) is 7. The average Bonchev–Trinajstić information content (AvgIpc) is 2.70. The Morgan fingerprint density at radius 1 is 1.47 bits per heavy atom. The van der Waals surface area contributed by atoms with Crippen molar-refractivity contribution in [3.8, 4) is 0 Å². The van der Waals surface area contributed by atoms with E-state index in [0.717, 1.165) is 11.5 Å². The number of anilines is 2. The van der Waals surface area contributed by atoms with Gasteiger partial charge in [0.25, 0.3) is 5.91 Å². The molecule has 1 aromatic heterocycles. The Morgan fingerprint density at radius 2 is 2.06 bits per heavy atom. The van der Waals surface area contributed by atoms with Gasteiger partial charge in [0.2, 0.25) is 0 Å². The van der Waals surface area contributed by atoms with Crippen LogP contribution in [-0.2, 0) is 0 Å². The Bertz CT molecular complexity index is 376. The van der Waals surface area contributed by atoms with Gasteiger partial charge in [-0.25, -0.2) is 0 Å². The first-order valence-corrected chi connectivity index (χ1v) is 5.87. The van der Waals surface area contributed by atoms with Gasteiger partial charge in [0, 0.05) is 20.1 Å². The summed E-state index contributed by atoms with van der Waals surface area (Å²) in [4.78, 5) is 13.3. The molecule has 96 valence electrons. The Hall–Kier alpha value is -1.38. The van der Waals surface area contributed by atoms with E-state index in [1.54, 1.807) is 4.90 Å². The average molecular weight is 260 g/mol. The first-order valence-electron chi connectivity index (χ1n) is 5.09. The molecule has 5 N–H and O–H groups in total. The minimum atomic E-state index is -0.327. The summed E-state index contributed by atoms with van der Waals surface area (Å²) in [6.45, 7) is 0.467. The minimum Gasteiger partial charge on any atom is -0.395 e. The summed E-state index contributed by atoms with van der Waals surface area (Å²) in [5.41, 5.74) is 5.93. The molecule has 0 saturated carbocycles. The molecule has 1 rings (SSSR count). The van der Waals surface area contributed by atoms with E-state index in [2.05, 4.69) is 9.69 Å². The standard InChI is InChI=1S/C9H16N4O3S/c1-11-8(16)6-7(10)12-17-9(6)13(2-4-14)3-5-15/h14-15H,2-5H2,1H3,(H2,10,12)(H,11,16). The van der Waals surface area contributed by atoms with E-state index in [0.29, 0.717) is 23.7 Å². The van der Waals surface area contributed by atoms with E-state index in [-0.39, 0.29) is 24.9 Å². The Morgan fingerprint density at radius 3 is 2.53 bits per heavy atom. The van der Waals surface area contributed by atoms with Crippen LogP contribution in [0.2, 0.25) is 0 Å². The van der Waals surface area contributed by atoms with Gasteiger partial charge >= 0.3 is 0 Å². The topological polar surface area (TPSA) is 112 Å². The highest BCUT2D eigenvalue weighted by atomic mass is 32.1. The molecule has 0 unspecified atom stereocenters. The van der Waals surface area contributed by atoms with Crippen LogP contribution >= 0.6 is 11.5 Å². The second-order valence-electron chi connectivity index (χ2n) is 3.26. The molecule has 0 spiro atoms. The van der Waals surface area contributed by atoms with Crippen LogP contribution < -0.4 is 16.0 Å². The second kappa shape index (κ2) is 6.38. The lowest BCUT2D eigenvalue weighted by atomic mass is 10.2. The third kappa shape index (κ3) is 3.05. The van der Waals surface area contributed by atoms with Crippen molar-refractivity contribution in [3.05, 3.63) is 5.56 Å². The zero-order valence-electron chi connectivity index (χ0n) is 9.51. The van der Waals surface area contributed by atoms with Crippen LogP contribution in [-0.4, -0.2) is 53.8 Å². The first kappa shape index (κ1) is 13.7. The van der Waals surface area contributed by atoms with Crippen LogP contribution in [0, 0.1) is 0 Å². The van der Waals surface area contributed by atoms with Crippen molar-refractivity contribution < 1.29 is 15.0 Å². The van der Waals surface area contributed by atoms with Crippen molar-refractivity contribution in [1.29, 1.82) is 0 Å². The lowest BCUT2D eigenvalue weighted by Crippen LogP contribution is -2.31. The van der Waals surface area contributed by atoms with E-state index >= 15 is 0 Å². The number of aliphatic hydroxyl groups excluding tert-OH is 2. The van der Waals surface area contributed by atoms with Crippen LogP contribution in [0.5, 0.6) is 0 Å². The molecule has 0 aliphatic carbocycles. The number of aliphatic hydroxyl groups is 2. The summed E-state index contributed by atoms with van der Waals surface area (Å²) in [5, 5.41) is 20.9. The predicted molar refractivity (Wildman–Crippen MR) is 66.3 cm³/mol. The maximum atomic E-state index is 11.7. The highest BCUT2D eigenvalue weighted by Gasteiger charge is 2.22. The molecule has 0 aromatic carbocycles. The van der Waals surface area contributed by atoms with Crippen molar-refractivity contribution in [2.45, 2.75) is 0 Å². The highest BCUT2D eigenvalue weighted by molar-refractivity contribution is 7.11. The summed E-state index contributed by atoms with van der Waals surface area (Å²) in [5.74, 6) is -0.169. The molecule has 0 radical (unpaired) electrons. The molecule has 0 aliphatic heterocycles. The van der Waals surface area contributed by atoms with Crippen LogP contribution in [0.15, 0.2) is 0 Å². The van der Waals surface area contributed by atoms with E-state index in [1.807, 2.05) is 0 Å². The number of amides is 1. The molecule has 7 nitrogen and oxygen atoms in total. The molecule has 8 heteroatoms. The lowest BCUT2D eigenvalue weighted by molar-refractivity contribution is 0.0964. The number of rotatable bonds is 6. The SMILES string of the molecule is CNC(=O)c1c(N)nsc1N(CCO)CCO. The van der Waals surface area contributed by atoms with Gasteiger partial charge in [0.1, 0.15) is 10.6 Å². The molecule has 1 aromatic rings. The van der Waals surface area contributed by atoms with Gasteiger partial charge < -0.3 is 26.2 Å². The van der Waals surface area contributed by atoms with Gasteiger partial charge in [0.15, 0.2) is 5.82 Å². The van der Waals surface area contributed by atoms with E-state index in [1.165, 1.54) is 7.05 Å². The summed E-state index contributed by atoms with van der Waals surface area (Å²) in [7, 11) is 1.51. The molecular formula is C9H16N4O3S. The van der Waals surface area contributed by atoms with Crippen LogP contribution in [0.4, 0.5) is 10.8 Å². The maximum Gasteiger partial charge on any atom is 0.257 e. The third-order valence-corrected chi connectivity index (χ3v) is 3.10. The largest absolute Gasteiger partial charge is 0.395 e. The monoisotopic (exact) mass is 260 g/mol. The fourth-order valence-corrected chi connectivity index (χ4v) is 2.27. The Kier molecular flexibility index (Phi) is 5.13. The number of nitrogen functional groups attached to an aromatic ring is 1. The number of carbonyl (C=O) groups is 1. The lowest BCUT2D eigenvalue weighted by Gasteiger charge is -2.21. The third-order valence-electron chi connectivity index (χ3n) is 2.18. The molecule has 0 bridgehead atoms. The minimum absolute atomic E-state index is 0.0784. The molecule has 17 heavy (non-hydrogen) atoms. The van der Waals surface area contributed by atoms with Gasteiger partial charge in [-0.2, -0.15) is 4.37 Å². The van der Waals surface area contributed by atoms with Crippen LogP contribution in [0.3, 0.4) is 0 Å². The second-order valence-corrected chi connectivity index (χ2v) is 4.01. The van der Waals surface area contributed by atoms with Crippen molar-refractivity contribution in [3.63, 3.8) is 0 Å². The fraction of sp³-hybridized carbons (Fsp3) is 0.556. The number of aromatic nitrogens is 1. The number of nitrogens with one attached hydrogen (secondary N) is 1. The quantitative estimate of drug-likeness (QED) is 0.515. The Labute approximate surface area is 103 Å². The normalized spacial score (nSPS) is 10.3. The van der Waals surface area contributed by atoms with Crippen molar-refractivity contribution in [2.24, 2.45) is 0 Å². The summed E-state index contributed by atoms with van der Waals surface area (Å²) >= 11 is 1.08. The molecule has 1 amide bonds. The van der Waals surface area contributed by atoms with Gasteiger partial charge in [-0.15, -0.1) is 0 Å². The number of nitrogens with two attached hydrogens (primary N) is 1. The molecular weight excluding hydrogens is 244 g/mol. The van der Waals surface area contributed by atoms with Gasteiger partial charge in [-0.05, 0) is 11.5 Å². The van der Waals surface area contributed by atoms with Crippen LogP contribution in [0.25, 0.3) is 0 Å². The zero-order chi connectivity index (χ0) is 12.8. The molecule has 0 atom stereocenters. The number of carbonyl (C=O) groups excluding carboxylic acids is 1. The smallest absolute Gasteiger partial charge is 0.257 e. The molecule has 0 fully saturated rings. The first-order chi connectivity index (χ1) is 8.15. The van der Waals surface area contributed by atoms with Crippen molar-refractivity contribution >= 4 is 28.3 Å². The highest BCUT2D eigenvalue weighted by Crippen LogP contribution is 2.30. The van der Waals surface area contributed by atoms with Gasteiger partial charge in [0.05, 0.1) is 13.2 Å². The van der Waals surface area contributed by atoms with E-state index in [9.17, 15) is 4.79 Å². The summed E-state index contributed by atoms with van der Waals surface area (Å²) < 4.78 is 3.92. The Balaban J connectivity index is 3.05. The fourth-order valence-electron chi connectivity index (χ4n) is 1.40. The summed E-state index contributed by atoms with van der Waals surface area (Å²) in [6, 6.07) is 0. The zero-order valence-corrected chi connectivity index (χ0v) is 10.3. The van der Waals surface area contributed by atoms with Crippen molar-refractivity contribution in [1.82, 2.24) is 9.69 Å². The maximum absolute atomic E-state index is 11.7.